The fraction of sp³-hybridized carbons (Fsp3) is 0.481. The Morgan fingerprint density at radius 3 is 2.71 bits per heavy atom. The van der Waals surface area contributed by atoms with Crippen molar-refractivity contribution in [1.82, 2.24) is 9.88 Å². The molecule has 3 heterocycles. The van der Waals surface area contributed by atoms with Gasteiger partial charge in [-0.15, -0.1) is 0 Å². The van der Waals surface area contributed by atoms with E-state index in [1.165, 1.54) is 12.7 Å². The van der Waals surface area contributed by atoms with Crippen molar-refractivity contribution in [1.29, 1.82) is 0 Å². The van der Waals surface area contributed by atoms with Gasteiger partial charge in [-0.1, -0.05) is 6.92 Å². The Balaban J connectivity index is 1.94. The second kappa shape index (κ2) is 10.4. The standard InChI is InChI=1S/C27H35N3O5/c1-5-27(2,32)21(17(14-31)15-33-4)11-23-26-20(13-30(23)3)18(8-6-7-9-28)19-10-24-25(35-16-34-24)12-22(19)29-26/h10-12,14,32H,5-9,13,15-16,28H2,1-4H3/b21-17-,23-11-/t27-/m0/s1. The number of aldehydes is 1. The van der Waals surface area contributed by atoms with Crippen molar-refractivity contribution >= 4 is 22.9 Å². The molecule has 8 heteroatoms. The average Bonchev–Trinajstić information content (AvgIpc) is 3.42. The molecule has 4 rings (SSSR count). The van der Waals surface area contributed by atoms with E-state index in [4.69, 9.17) is 24.9 Å². The smallest absolute Gasteiger partial charge is 0.231 e. The summed E-state index contributed by atoms with van der Waals surface area (Å²) in [5.74, 6) is 1.42. The van der Waals surface area contributed by atoms with E-state index in [2.05, 4.69) is 4.90 Å². The third-order valence-corrected chi connectivity index (χ3v) is 6.97. The molecule has 0 saturated heterocycles. The number of rotatable bonds is 10. The van der Waals surface area contributed by atoms with Crippen LogP contribution in [0, 0.1) is 0 Å². The summed E-state index contributed by atoms with van der Waals surface area (Å²) < 4.78 is 16.5. The van der Waals surface area contributed by atoms with Gasteiger partial charge in [0.15, 0.2) is 11.5 Å². The van der Waals surface area contributed by atoms with Crippen LogP contribution in [0.2, 0.25) is 0 Å². The minimum Gasteiger partial charge on any atom is -0.454 e. The molecule has 2 aromatic rings. The number of methoxy groups -OCH3 is 1. The van der Waals surface area contributed by atoms with Crippen LogP contribution >= 0.6 is 0 Å². The zero-order valence-corrected chi connectivity index (χ0v) is 21.0. The molecule has 8 nitrogen and oxygen atoms in total. The lowest BCUT2D eigenvalue weighted by atomic mass is 9.88. The minimum absolute atomic E-state index is 0.119. The minimum atomic E-state index is -1.20. The number of aliphatic hydroxyl groups is 1. The van der Waals surface area contributed by atoms with Gasteiger partial charge in [0.1, 0.15) is 6.29 Å². The Morgan fingerprint density at radius 1 is 1.31 bits per heavy atom. The number of pyridine rings is 1. The van der Waals surface area contributed by atoms with E-state index >= 15 is 0 Å². The molecule has 0 radical (unpaired) electrons. The summed E-state index contributed by atoms with van der Waals surface area (Å²) in [7, 11) is 3.54. The molecule has 3 N–H and O–H groups in total. The summed E-state index contributed by atoms with van der Waals surface area (Å²) in [6, 6.07) is 3.96. The largest absolute Gasteiger partial charge is 0.454 e. The number of nitrogens with zero attached hydrogens (tertiary/aromatic N) is 2. The van der Waals surface area contributed by atoms with Crippen molar-refractivity contribution in [3.05, 3.63) is 46.2 Å². The first kappa shape index (κ1) is 25.2. The van der Waals surface area contributed by atoms with Gasteiger partial charge >= 0.3 is 0 Å². The molecule has 1 aromatic carbocycles. The van der Waals surface area contributed by atoms with E-state index in [-0.39, 0.29) is 13.4 Å². The number of hydrogen-bond donors (Lipinski definition) is 2. The summed E-state index contributed by atoms with van der Waals surface area (Å²) in [5, 5.41) is 12.2. The van der Waals surface area contributed by atoms with Gasteiger partial charge in [-0.05, 0) is 62.4 Å². The highest BCUT2D eigenvalue weighted by molar-refractivity contribution is 5.91. The number of aryl methyl sites for hydroxylation is 1. The first-order valence-electron chi connectivity index (χ1n) is 12.1. The zero-order chi connectivity index (χ0) is 25.2. The summed E-state index contributed by atoms with van der Waals surface area (Å²) in [6.07, 6.45) is 5.89. The van der Waals surface area contributed by atoms with Gasteiger partial charge in [0.25, 0.3) is 0 Å². The first-order chi connectivity index (χ1) is 16.8. The second-order valence-electron chi connectivity index (χ2n) is 9.39. The Hall–Kier alpha value is -2.94. The normalized spacial score (nSPS) is 18.1. The summed E-state index contributed by atoms with van der Waals surface area (Å²) in [5.41, 5.74) is 10.5. The van der Waals surface area contributed by atoms with E-state index in [1.54, 1.807) is 6.92 Å². The fourth-order valence-electron chi connectivity index (χ4n) is 4.81. The van der Waals surface area contributed by atoms with Crippen LogP contribution in [0.15, 0.2) is 29.4 Å². The summed E-state index contributed by atoms with van der Waals surface area (Å²) >= 11 is 0. The van der Waals surface area contributed by atoms with Crippen LogP contribution in [0.25, 0.3) is 16.6 Å². The molecule has 0 unspecified atom stereocenters. The Morgan fingerprint density at radius 2 is 2.06 bits per heavy atom. The molecule has 0 spiro atoms. The SMILES string of the molecule is CC[C@](C)(O)C(/C=C1/c2nc3cc4c(cc3c(CCCCN)c2CN1C)OCO4)=C(/C=O)COC. The number of hydrogen-bond acceptors (Lipinski definition) is 8. The quantitative estimate of drug-likeness (QED) is 0.302. The number of carbonyl (C=O) groups is 1. The third-order valence-electron chi connectivity index (χ3n) is 6.97. The predicted octanol–water partition coefficient (Wildman–Crippen LogP) is 3.33. The zero-order valence-electron chi connectivity index (χ0n) is 21.0. The van der Waals surface area contributed by atoms with Gasteiger partial charge in [-0.2, -0.15) is 0 Å². The monoisotopic (exact) mass is 481 g/mol. The molecule has 35 heavy (non-hydrogen) atoms. The second-order valence-corrected chi connectivity index (χ2v) is 9.39. The average molecular weight is 482 g/mol. The van der Waals surface area contributed by atoms with E-state index in [9.17, 15) is 9.90 Å². The maximum Gasteiger partial charge on any atom is 0.231 e. The number of unbranched alkanes of at least 4 members (excludes halogenated alkanes) is 1. The number of aromatic nitrogens is 1. The predicted molar refractivity (Wildman–Crippen MR) is 135 cm³/mol. The van der Waals surface area contributed by atoms with Crippen LogP contribution in [0.5, 0.6) is 11.5 Å². The lowest BCUT2D eigenvalue weighted by Crippen LogP contribution is -2.28. The lowest BCUT2D eigenvalue weighted by Gasteiger charge is -2.26. The van der Waals surface area contributed by atoms with Gasteiger partial charge in [-0.25, -0.2) is 4.98 Å². The lowest BCUT2D eigenvalue weighted by molar-refractivity contribution is -0.105. The Bertz CT molecular complexity index is 1190. The van der Waals surface area contributed by atoms with Crippen LogP contribution in [-0.2, 0) is 22.5 Å². The maximum atomic E-state index is 11.9. The summed E-state index contributed by atoms with van der Waals surface area (Å²) in [6.45, 7) is 5.27. The number of carbonyl (C=O) groups excluding carboxylic acids is 1. The summed E-state index contributed by atoms with van der Waals surface area (Å²) in [4.78, 5) is 19.1. The van der Waals surface area contributed by atoms with Crippen molar-refractivity contribution in [2.75, 3.05) is 34.1 Å². The van der Waals surface area contributed by atoms with Crippen molar-refractivity contribution in [2.24, 2.45) is 5.73 Å². The molecule has 1 aromatic heterocycles. The van der Waals surface area contributed by atoms with Gasteiger partial charge in [0.05, 0.1) is 29.1 Å². The first-order valence-corrected chi connectivity index (χ1v) is 12.1. The third kappa shape index (κ3) is 4.78. The highest BCUT2D eigenvalue weighted by Crippen LogP contribution is 2.42. The van der Waals surface area contributed by atoms with Crippen molar-refractivity contribution in [3.63, 3.8) is 0 Å². The molecule has 1 atom stereocenters. The topological polar surface area (TPSA) is 107 Å². The van der Waals surface area contributed by atoms with Crippen molar-refractivity contribution in [3.8, 4) is 11.5 Å². The van der Waals surface area contributed by atoms with E-state index < -0.39 is 5.60 Å². The molecule has 0 fully saturated rings. The highest BCUT2D eigenvalue weighted by atomic mass is 16.7. The fourth-order valence-corrected chi connectivity index (χ4v) is 4.81. The van der Waals surface area contributed by atoms with Gasteiger partial charge < -0.3 is 30.0 Å². The Kier molecular flexibility index (Phi) is 7.44. The van der Waals surface area contributed by atoms with Crippen LogP contribution < -0.4 is 15.2 Å². The molecule has 0 saturated carbocycles. The molecule has 188 valence electrons. The maximum absolute atomic E-state index is 11.9. The van der Waals surface area contributed by atoms with Crippen LogP contribution in [0.4, 0.5) is 0 Å². The molecule has 0 amide bonds. The molecule has 0 aliphatic carbocycles. The molecular formula is C27H35N3O5. The highest BCUT2D eigenvalue weighted by Gasteiger charge is 2.32. The van der Waals surface area contributed by atoms with E-state index in [1.807, 2.05) is 32.2 Å². The molecule has 2 aliphatic rings. The number of ether oxygens (including phenoxy) is 3. The number of nitrogens with two attached hydrogens (primary N) is 1. The van der Waals surface area contributed by atoms with E-state index in [0.717, 1.165) is 59.2 Å². The van der Waals surface area contributed by atoms with E-state index in [0.29, 0.717) is 36.4 Å². The molecular weight excluding hydrogens is 446 g/mol. The van der Waals surface area contributed by atoms with Crippen LogP contribution in [0.1, 0.15) is 49.9 Å². The van der Waals surface area contributed by atoms with Gasteiger partial charge in [-0.3, -0.25) is 4.79 Å². The van der Waals surface area contributed by atoms with Crippen molar-refractivity contribution in [2.45, 2.75) is 51.7 Å². The van der Waals surface area contributed by atoms with Crippen LogP contribution in [-0.4, -0.2) is 61.0 Å². The van der Waals surface area contributed by atoms with Gasteiger partial charge in [0.2, 0.25) is 6.79 Å². The molecule has 0 bridgehead atoms. The number of fused-ring (bicyclic) bond motifs is 3. The Labute approximate surface area is 206 Å². The van der Waals surface area contributed by atoms with Gasteiger partial charge in [0, 0.05) is 43.3 Å². The molecule has 2 aliphatic heterocycles. The van der Waals surface area contributed by atoms with Crippen LogP contribution in [0.3, 0.4) is 0 Å². The number of benzene rings is 1. The van der Waals surface area contributed by atoms with Crippen molar-refractivity contribution < 1.29 is 24.1 Å².